The number of ether oxygens (including phenoxy) is 1. The molecular formula is C18H18N2O6. The standard InChI is InChI=1S/C18H18N2O6/c1-10-16(19-14(8-15(19)22)18(10,3)11(2)21)17(23)26-9-12-4-6-13(7-5-12)20(24)25/h4-7,14H,8-9H2,1-3H3/t14-,18?/m0/s1. The van der Waals surface area contributed by atoms with Crippen LogP contribution in [-0.4, -0.2) is 33.5 Å². The molecule has 0 radical (unpaired) electrons. The Balaban J connectivity index is 1.78. The van der Waals surface area contributed by atoms with Gasteiger partial charge in [-0.2, -0.15) is 0 Å². The van der Waals surface area contributed by atoms with Crippen molar-refractivity contribution in [2.45, 2.75) is 39.8 Å². The van der Waals surface area contributed by atoms with E-state index in [-0.39, 0.29) is 42.1 Å². The third-order valence-corrected chi connectivity index (χ3v) is 5.43. The zero-order valence-corrected chi connectivity index (χ0v) is 14.6. The van der Waals surface area contributed by atoms with Gasteiger partial charge in [-0.05, 0) is 44.0 Å². The summed E-state index contributed by atoms with van der Waals surface area (Å²) in [6, 6.07) is 5.31. The Morgan fingerprint density at radius 2 is 1.96 bits per heavy atom. The number of Topliss-reactive ketones (excluding diaryl/α,β-unsaturated/α-hetero) is 1. The van der Waals surface area contributed by atoms with Crippen LogP contribution in [0.3, 0.4) is 0 Å². The highest BCUT2D eigenvalue weighted by Gasteiger charge is 2.60. The van der Waals surface area contributed by atoms with E-state index in [2.05, 4.69) is 0 Å². The number of nitrogens with zero attached hydrogens (tertiary/aromatic N) is 2. The molecule has 1 fully saturated rings. The van der Waals surface area contributed by atoms with Crippen LogP contribution in [0, 0.1) is 15.5 Å². The number of fused-ring (bicyclic) bond motifs is 1. The normalized spacial score (nSPS) is 24.2. The maximum absolute atomic E-state index is 12.6. The number of carbonyl (C=O) groups excluding carboxylic acids is 3. The highest BCUT2D eigenvalue weighted by atomic mass is 16.6. The van der Waals surface area contributed by atoms with Gasteiger partial charge < -0.3 is 9.64 Å². The number of non-ortho nitro benzene ring substituents is 1. The van der Waals surface area contributed by atoms with Crippen molar-refractivity contribution in [3.8, 4) is 0 Å². The van der Waals surface area contributed by atoms with E-state index in [4.69, 9.17) is 4.74 Å². The minimum Gasteiger partial charge on any atom is -0.456 e. The smallest absolute Gasteiger partial charge is 0.355 e. The summed E-state index contributed by atoms with van der Waals surface area (Å²) in [5.74, 6) is -0.985. The van der Waals surface area contributed by atoms with Crippen LogP contribution in [0.25, 0.3) is 0 Å². The third-order valence-electron chi connectivity index (χ3n) is 5.43. The van der Waals surface area contributed by atoms with Crippen molar-refractivity contribution in [2.24, 2.45) is 5.41 Å². The average Bonchev–Trinajstić information content (AvgIpc) is 2.78. The summed E-state index contributed by atoms with van der Waals surface area (Å²) in [5, 5.41) is 10.7. The van der Waals surface area contributed by atoms with Crippen molar-refractivity contribution >= 4 is 23.3 Å². The molecular weight excluding hydrogens is 340 g/mol. The Morgan fingerprint density at radius 3 is 2.46 bits per heavy atom. The van der Waals surface area contributed by atoms with Gasteiger partial charge >= 0.3 is 5.97 Å². The summed E-state index contributed by atoms with van der Waals surface area (Å²) in [4.78, 5) is 48.2. The SMILES string of the molecule is CC(=O)C1(C)C(C)=C(C(=O)OCc2ccc([N+](=O)[O-])cc2)N2C(=O)C[C@H]21. The highest BCUT2D eigenvalue weighted by molar-refractivity contribution is 6.03. The summed E-state index contributed by atoms with van der Waals surface area (Å²) < 4.78 is 5.28. The Kier molecular flexibility index (Phi) is 4.14. The van der Waals surface area contributed by atoms with Gasteiger partial charge in [0, 0.05) is 18.6 Å². The maximum atomic E-state index is 12.6. The second-order valence-electron chi connectivity index (χ2n) is 6.72. The lowest BCUT2D eigenvalue weighted by Crippen LogP contribution is -2.57. The zero-order chi connectivity index (χ0) is 19.2. The van der Waals surface area contributed by atoms with Crippen LogP contribution < -0.4 is 0 Å². The largest absolute Gasteiger partial charge is 0.456 e. The molecule has 0 spiro atoms. The van der Waals surface area contributed by atoms with Crippen LogP contribution in [0.1, 0.15) is 32.8 Å². The Morgan fingerprint density at radius 1 is 1.35 bits per heavy atom. The number of hydrogen-bond donors (Lipinski definition) is 0. The predicted octanol–water partition coefficient (Wildman–Crippen LogP) is 2.12. The molecule has 2 atom stereocenters. The number of esters is 1. The summed E-state index contributed by atoms with van der Waals surface area (Å²) >= 11 is 0. The molecule has 1 amide bonds. The summed E-state index contributed by atoms with van der Waals surface area (Å²) in [7, 11) is 0. The fourth-order valence-corrected chi connectivity index (χ4v) is 3.52. The number of rotatable bonds is 5. The van der Waals surface area contributed by atoms with Crippen LogP contribution in [0.2, 0.25) is 0 Å². The van der Waals surface area contributed by atoms with Crippen molar-refractivity contribution in [2.75, 3.05) is 0 Å². The molecule has 8 nitrogen and oxygen atoms in total. The molecule has 136 valence electrons. The van der Waals surface area contributed by atoms with E-state index in [9.17, 15) is 24.5 Å². The van der Waals surface area contributed by atoms with Gasteiger partial charge in [0.1, 0.15) is 18.1 Å². The van der Waals surface area contributed by atoms with Crippen LogP contribution >= 0.6 is 0 Å². The van der Waals surface area contributed by atoms with Crippen molar-refractivity contribution < 1.29 is 24.0 Å². The van der Waals surface area contributed by atoms with Crippen molar-refractivity contribution in [3.63, 3.8) is 0 Å². The highest BCUT2D eigenvalue weighted by Crippen LogP contribution is 2.51. The Hall–Kier alpha value is -3.03. The minimum absolute atomic E-state index is 0.0549. The van der Waals surface area contributed by atoms with Gasteiger partial charge in [0.25, 0.3) is 5.69 Å². The first-order valence-electron chi connectivity index (χ1n) is 8.12. The van der Waals surface area contributed by atoms with E-state index < -0.39 is 16.3 Å². The molecule has 1 aromatic carbocycles. The first-order valence-corrected chi connectivity index (χ1v) is 8.12. The molecule has 1 saturated heterocycles. The molecule has 1 aromatic rings. The second-order valence-corrected chi connectivity index (χ2v) is 6.72. The van der Waals surface area contributed by atoms with E-state index in [1.807, 2.05) is 0 Å². The van der Waals surface area contributed by atoms with Crippen LogP contribution in [0.4, 0.5) is 5.69 Å². The molecule has 0 aliphatic carbocycles. The molecule has 0 bridgehead atoms. The lowest BCUT2D eigenvalue weighted by atomic mass is 9.72. The first-order chi connectivity index (χ1) is 12.2. The number of ketones is 1. The van der Waals surface area contributed by atoms with Gasteiger partial charge in [-0.3, -0.25) is 19.7 Å². The zero-order valence-electron chi connectivity index (χ0n) is 14.6. The lowest BCUT2D eigenvalue weighted by molar-refractivity contribution is -0.384. The van der Waals surface area contributed by atoms with Crippen LogP contribution in [-0.2, 0) is 25.7 Å². The van der Waals surface area contributed by atoms with Gasteiger partial charge in [-0.25, -0.2) is 4.79 Å². The second kappa shape index (κ2) is 6.05. The monoisotopic (exact) mass is 358 g/mol. The van der Waals surface area contributed by atoms with E-state index >= 15 is 0 Å². The van der Waals surface area contributed by atoms with E-state index in [1.165, 1.54) is 36.1 Å². The van der Waals surface area contributed by atoms with Crippen molar-refractivity contribution in [1.82, 2.24) is 4.90 Å². The molecule has 26 heavy (non-hydrogen) atoms. The molecule has 0 saturated carbocycles. The quantitative estimate of drug-likeness (QED) is 0.345. The fraction of sp³-hybridized carbons (Fsp3) is 0.389. The molecule has 3 rings (SSSR count). The van der Waals surface area contributed by atoms with E-state index in [0.29, 0.717) is 11.1 Å². The fourth-order valence-electron chi connectivity index (χ4n) is 3.52. The number of carbonyl (C=O) groups is 3. The molecule has 2 aliphatic rings. The number of amides is 1. The van der Waals surface area contributed by atoms with E-state index in [1.54, 1.807) is 13.8 Å². The van der Waals surface area contributed by atoms with Crippen LogP contribution in [0.15, 0.2) is 35.5 Å². The maximum Gasteiger partial charge on any atom is 0.355 e. The number of β-lactam (4-membered cyclic amide) rings is 1. The number of nitro benzene ring substituents is 1. The number of hydrogen-bond acceptors (Lipinski definition) is 6. The first kappa shape index (κ1) is 17.8. The lowest BCUT2D eigenvalue weighted by Gasteiger charge is -2.42. The van der Waals surface area contributed by atoms with Crippen molar-refractivity contribution in [3.05, 3.63) is 51.2 Å². The summed E-state index contributed by atoms with van der Waals surface area (Å²) in [6.07, 6.45) is 0.229. The summed E-state index contributed by atoms with van der Waals surface area (Å²) in [5.41, 5.74) is 0.317. The topological polar surface area (TPSA) is 107 Å². The third kappa shape index (κ3) is 2.49. The van der Waals surface area contributed by atoms with E-state index in [0.717, 1.165) is 0 Å². The number of benzene rings is 1. The molecule has 0 N–H and O–H groups in total. The van der Waals surface area contributed by atoms with Gasteiger partial charge in [-0.15, -0.1) is 0 Å². The van der Waals surface area contributed by atoms with Crippen molar-refractivity contribution in [1.29, 1.82) is 0 Å². The predicted molar refractivity (Wildman–Crippen MR) is 89.6 cm³/mol. The molecule has 0 aromatic heterocycles. The number of nitro groups is 1. The minimum atomic E-state index is -0.879. The Labute approximate surface area is 149 Å². The van der Waals surface area contributed by atoms with Gasteiger partial charge in [0.2, 0.25) is 5.91 Å². The van der Waals surface area contributed by atoms with Gasteiger partial charge in [0.05, 0.1) is 16.4 Å². The van der Waals surface area contributed by atoms with Crippen LogP contribution in [0.5, 0.6) is 0 Å². The molecule has 8 heteroatoms. The molecule has 1 unspecified atom stereocenters. The van der Waals surface area contributed by atoms with Gasteiger partial charge in [-0.1, -0.05) is 0 Å². The molecule has 2 heterocycles. The molecule has 2 aliphatic heterocycles. The summed E-state index contributed by atoms with van der Waals surface area (Å²) in [6.45, 7) is 4.79. The van der Waals surface area contributed by atoms with Gasteiger partial charge in [0.15, 0.2) is 0 Å². The Bertz CT molecular complexity index is 857. The average molecular weight is 358 g/mol.